The van der Waals surface area contributed by atoms with Crippen LogP contribution in [0.4, 0.5) is 18.9 Å². The number of benzene rings is 2. The van der Waals surface area contributed by atoms with E-state index in [1.165, 1.54) is 12.1 Å². The molecule has 0 unspecified atom stereocenters. The van der Waals surface area contributed by atoms with E-state index in [2.05, 4.69) is 10.4 Å². The molecule has 0 radical (unpaired) electrons. The molecule has 1 N–H and O–H groups in total. The van der Waals surface area contributed by atoms with Crippen LogP contribution in [-0.4, -0.2) is 39.6 Å². The molecule has 0 bridgehead atoms. The number of aromatic nitrogens is 2. The van der Waals surface area contributed by atoms with Gasteiger partial charge in [0.15, 0.2) is 0 Å². The van der Waals surface area contributed by atoms with E-state index in [1.807, 2.05) is 36.5 Å². The zero-order valence-electron chi connectivity index (χ0n) is 17.8. The van der Waals surface area contributed by atoms with Crippen LogP contribution < -0.4 is 5.32 Å². The van der Waals surface area contributed by atoms with Gasteiger partial charge in [0.25, 0.3) is 5.91 Å². The van der Waals surface area contributed by atoms with Crippen LogP contribution in [-0.2, 0) is 17.5 Å². The van der Waals surface area contributed by atoms with E-state index < -0.39 is 11.7 Å². The number of carbonyl (C=O) groups excluding carboxylic acids is 2. The minimum absolute atomic E-state index is 0.104. The molecule has 1 fully saturated rings. The van der Waals surface area contributed by atoms with Crippen LogP contribution in [0.3, 0.4) is 0 Å². The number of carbonyl (C=O) groups is 2. The Kier molecular flexibility index (Phi) is 6.48. The van der Waals surface area contributed by atoms with Gasteiger partial charge in [0.2, 0.25) is 5.91 Å². The summed E-state index contributed by atoms with van der Waals surface area (Å²) in [5, 5.41) is 7.13. The predicted molar refractivity (Wildman–Crippen MR) is 116 cm³/mol. The van der Waals surface area contributed by atoms with Crippen molar-refractivity contribution >= 4 is 17.5 Å². The number of alkyl halides is 3. The lowest BCUT2D eigenvalue weighted by Gasteiger charge is -2.31. The highest BCUT2D eigenvalue weighted by Crippen LogP contribution is 2.29. The van der Waals surface area contributed by atoms with Gasteiger partial charge in [-0.2, -0.15) is 18.3 Å². The van der Waals surface area contributed by atoms with Crippen molar-refractivity contribution in [3.63, 3.8) is 0 Å². The number of likely N-dealkylation sites (tertiary alicyclic amines) is 1. The number of rotatable bonds is 5. The molecule has 2 amide bonds. The van der Waals surface area contributed by atoms with Gasteiger partial charge < -0.3 is 10.2 Å². The Morgan fingerprint density at radius 2 is 1.76 bits per heavy atom. The number of piperidine rings is 1. The van der Waals surface area contributed by atoms with Crippen molar-refractivity contribution in [2.24, 2.45) is 5.92 Å². The van der Waals surface area contributed by atoms with Crippen LogP contribution in [0.25, 0.3) is 0 Å². The topological polar surface area (TPSA) is 67.2 Å². The molecule has 3 aromatic rings. The summed E-state index contributed by atoms with van der Waals surface area (Å²) in [6, 6.07) is 13.6. The molecular weight excluding hydrogens is 433 g/mol. The Morgan fingerprint density at radius 3 is 2.39 bits per heavy atom. The average molecular weight is 456 g/mol. The summed E-state index contributed by atoms with van der Waals surface area (Å²) >= 11 is 0. The molecule has 9 heteroatoms. The Balaban J connectivity index is 1.30. The molecule has 0 spiro atoms. The van der Waals surface area contributed by atoms with Gasteiger partial charge in [-0.15, -0.1) is 0 Å². The van der Waals surface area contributed by atoms with Crippen LogP contribution in [0.15, 0.2) is 67.0 Å². The Morgan fingerprint density at radius 1 is 1.03 bits per heavy atom. The van der Waals surface area contributed by atoms with Gasteiger partial charge in [0.05, 0.1) is 12.1 Å². The fourth-order valence-electron chi connectivity index (χ4n) is 3.90. The van der Waals surface area contributed by atoms with Gasteiger partial charge in [0, 0.05) is 42.7 Å². The second-order valence-electron chi connectivity index (χ2n) is 8.03. The zero-order valence-corrected chi connectivity index (χ0v) is 17.8. The summed E-state index contributed by atoms with van der Waals surface area (Å²) in [5.41, 5.74) is 1.13. The van der Waals surface area contributed by atoms with Gasteiger partial charge in [-0.25, -0.2) is 0 Å². The van der Waals surface area contributed by atoms with E-state index in [0.29, 0.717) is 38.2 Å². The van der Waals surface area contributed by atoms with E-state index in [1.54, 1.807) is 15.8 Å². The molecule has 33 heavy (non-hydrogen) atoms. The molecule has 172 valence electrons. The summed E-state index contributed by atoms with van der Waals surface area (Å²) in [7, 11) is 0. The van der Waals surface area contributed by atoms with Crippen LogP contribution in [0.5, 0.6) is 0 Å². The second kappa shape index (κ2) is 9.48. The van der Waals surface area contributed by atoms with Gasteiger partial charge in [0.1, 0.15) is 0 Å². The first-order valence-electron chi connectivity index (χ1n) is 10.6. The number of hydrogen-bond donors (Lipinski definition) is 1. The minimum atomic E-state index is -4.44. The van der Waals surface area contributed by atoms with Crippen molar-refractivity contribution in [1.82, 2.24) is 14.7 Å². The zero-order chi connectivity index (χ0) is 23.4. The predicted octanol–water partition coefficient (Wildman–Crippen LogP) is 4.44. The maximum absolute atomic E-state index is 12.7. The van der Waals surface area contributed by atoms with Crippen LogP contribution in [0.2, 0.25) is 0 Å². The summed E-state index contributed by atoms with van der Waals surface area (Å²) in [6.45, 7) is 1.34. The van der Waals surface area contributed by atoms with Crippen molar-refractivity contribution in [2.75, 3.05) is 18.4 Å². The van der Waals surface area contributed by atoms with E-state index >= 15 is 0 Å². The van der Waals surface area contributed by atoms with Gasteiger partial charge in [-0.1, -0.05) is 12.1 Å². The third kappa shape index (κ3) is 5.60. The highest BCUT2D eigenvalue weighted by molar-refractivity contribution is 5.95. The first-order chi connectivity index (χ1) is 15.8. The van der Waals surface area contributed by atoms with E-state index in [0.717, 1.165) is 17.7 Å². The lowest BCUT2D eigenvalue weighted by atomic mass is 9.95. The van der Waals surface area contributed by atoms with E-state index in [-0.39, 0.29) is 23.3 Å². The number of halogens is 3. The summed E-state index contributed by atoms with van der Waals surface area (Å²) in [6.07, 6.45) is 0.119. The molecule has 2 heterocycles. The first-order valence-corrected chi connectivity index (χ1v) is 10.6. The number of nitrogens with zero attached hydrogens (tertiary/aromatic N) is 3. The number of hydrogen-bond acceptors (Lipinski definition) is 3. The Labute approximate surface area is 189 Å². The quantitative estimate of drug-likeness (QED) is 0.617. The molecule has 0 saturated carbocycles. The average Bonchev–Trinajstić information content (AvgIpc) is 3.31. The Hall–Kier alpha value is -3.62. The molecule has 0 atom stereocenters. The third-order valence-corrected chi connectivity index (χ3v) is 5.71. The lowest BCUT2D eigenvalue weighted by Crippen LogP contribution is -2.41. The summed E-state index contributed by atoms with van der Waals surface area (Å²) < 4.78 is 40.0. The van der Waals surface area contributed by atoms with Crippen molar-refractivity contribution in [1.29, 1.82) is 0 Å². The largest absolute Gasteiger partial charge is 0.416 e. The van der Waals surface area contributed by atoms with Crippen molar-refractivity contribution in [3.05, 3.63) is 83.7 Å². The summed E-state index contributed by atoms with van der Waals surface area (Å²) in [4.78, 5) is 26.9. The van der Waals surface area contributed by atoms with E-state index in [4.69, 9.17) is 0 Å². The van der Waals surface area contributed by atoms with Gasteiger partial charge in [-0.05, 0) is 60.9 Å². The normalized spacial score (nSPS) is 14.8. The maximum atomic E-state index is 12.7. The molecule has 1 aromatic heterocycles. The molecule has 2 aromatic carbocycles. The maximum Gasteiger partial charge on any atom is 0.416 e. The molecule has 4 rings (SSSR count). The molecule has 1 saturated heterocycles. The van der Waals surface area contributed by atoms with Crippen molar-refractivity contribution in [3.8, 4) is 0 Å². The molecule has 1 aliphatic heterocycles. The van der Waals surface area contributed by atoms with Crippen LogP contribution in [0, 0.1) is 5.92 Å². The number of amides is 2. The Bertz CT molecular complexity index is 1100. The van der Waals surface area contributed by atoms with Crippen molar-refractivity contribution in [2.45, 2.75) is 25.6 Å². The smallest absolute Gasteiger partial charge is 0.339 e. The number of anilines is 1. The standard InChI is InChI=1S/C24H23F3N4O2/c25-24(26,27)20-7-5-19(6-8-20)23(33)30-13-9-18(10-14-30)22(32)29-21-4-1-3-17(15-21)16-31-12-2-11-28-31/h1-8,11-12,15,18H,9-10,13-14,16H2,(H,29,32). The molecule has 0 aliphatic carbocycles. The fourth-order valence-corrected chi connectivity index (χ4v) is 3.90. The molecule has 1 aliphatic rings. The highest BCUT2D eigenvalue weighted by atomic mass is 19.4. The van der Waals surface area contributed by atoms with Crippen LogP contribution >= 0.6 is 0 Å². The summed E-state index contributed by atoms with van der Waals surface area (Å²) in [5.74, 6) is -0.668. The third-order valence-electron chi connectivity index (χ3n) is 5.71. The van der Waals surface area contributed by atoms with Crippen LogP contribution in [0.1, 0.15) is 34.3 Å². The SMILES string of the molecule is O=C(Nc1cccc(Cn2cccn2)c1)C1CCN(C(=O)c2ccc(C(F)(F)F)cc2)CC1. The molecule has 6 nitrogen and oxygen atoms in total. The second-order valence-corrected chi connectivity index (χ2v) is 8.03. The first kappa shape index (κ1) is 22.6. The van der Waals surface area contributed by atoms with E-state index in [9.17, 15) is 22.8 Å². The van der Waals surface area contributed by atoms with Crippen molar-refractivity contribution < 1.29 is 22.8 Å². The highest BCUT2D eigenvalue weighted by Gasteiger charge is 2.31. The number of nitrogens with one attached hydrogen (secondary N) is 1. The molecular formula is C24H23F3N4O2. The lowest BCUT2D eigenvalue weighted by molar-refractivity contribution is -0.137. The monoisotopic (exact) mass is 456 g/mol. The fraction of sp³-hybridized carbons (Fsp3) is 0.292. The van der Waals surface area contributed by atoms with Gasteiger partial charge >= 0.3 is 6.18 Å². The van der Waals surface area contributed by atoms with Gasteiger partial charge in [-0.3, -0.25) is 14.3 Å². The minimum Gasteiger partial charge on any atom is -0.339 e.